The molecule has 0 bridgehead atoms. The number of rotatable bonds is 4. The van der Waals surface area contributed by atoms with Crippen LogP contribution in [0.1, 0.15) is 36.7 Å². The summed E-state index contributed by atoms with van der Waals surface area (Å²) in [6, 6.07) is 13.5. The number of fused-ring (bicyclic) bond motifs is 1. The molecule has 0 aliphatic carbocycles. The maximum absolute atomic E-state index is 12.9. The average molecular weight is 409 g/mol. The van der Waals surface area contributed by atoms with E-state index in [1.165, 1.54) is 16.7 Å². The molecule has 1 aromatic heterocycles. The van der Waals surface area contributed by atoms with Gasteiger partial charge in [0.2, 0.25) is 0 Å². The van der Waals surface area contributed by atoms with Gasteiger partial charge in [-0.3, -0.25) is 20.1 Å². The van der Waals surface area contributed by atoms with Gasteiger partial charge in [0.25, 0.3) is 11.5 Å². The molecular formula is C22H23N3O5. The molecule has 3 rings (SSSR count). The standard InChI is InChI=1S/C22H23N3O5/c1-22(2,3)30-21(28)23-17-6-4-5-14(11-17)13-25-10-9-15-7-8-16(19(26)24-29)12-18(15)20(25)27/h4-12,29H,13H2,1-3H3,(H,23,28)(H,24,26). The van der Waals surface area contributed by atoms with Crippen LogP contribution in [0.4, 0.5) is 10.5 Å². The molecule has 3 aromatic rings. The van der Waals surface area contributed by atoms with Crippen LogP contribution < -0.4 is 16.4 Å². The van der Waals surface area contributed by atoms with Gasteiger partial charge in [-0.2, -0.15) is 0 Å². The normalized spacial score (nSPS) is 11.2. The van der Waals surface area contributed by atoms with Gasteiger partial charge in [0.05, 0.1) is 6.54 Å². The summed E-state index contributed by atoms with van der Waals surface area (Å²) < 4.78 is 6.76. The van der Waals surface area contributed by atoms with Crippen molar-refractivity contribution in [3.63, 3.8) is 0 Å². The summed E-state index contributed by atoms with van der Waals surface area (Å²) in [4.78, 5) is 36.5. The van der Waals surface area contributed by atoms with Crippen LogP contribution in [0.5, 0.6) is 0 Å². The molecule has 1 heterocycles. The zero-order chi connectivity index (χ0) is 21.9. The van der Waals surface area contributed by atoms with Crippen molar-refractivity contribution in [3.8, 4) is 0 Å². The molecule has 0 saturated carbocycles. The minimum atomic E-state index is -0.687. The number of amides is 2. The Labute approximate surface area is 173 Å². The van der Waals surface area contributed by atoms with E-state index in [0.29, 0.717) is 16.5 Å². The lowest BCUT2D eigenvalue weighted by atomic mass is 10.1. The molecule has 0 spiro atoms. The van der Waals surface area contributed by atoms with Crippen molar-refractivity contribution >= 4 is 28.5 Å². The number of anilines is 1. The second-order valence-electron chi connectivity index (χ2n) is 7.82. The molecule has 3 N–H and O–H groups in total. The first kappa shape index (κ1) is 21.1. The molecule has 30 heavy (non-hydrogen) atoms. The van der Waals surface area contributed by atoms with Crippen LogP contribution in [0.25, 0.3) is 10.8 Å². The number of hydrogen-bond donors (Lipinski definition) is 3. The van der Waals surface area contributed by atoms with Crippen LogP contribution in [-0.4, -0.2) is 27.4 Å². The van der Waals surface area contributed by atoms with Crippen LogP contribution >= 0.6 is 0 Å². The van der Waals surface area contributed by atoms with Crippen molar-refractivity contribution in [3.05, 3.63) is 76.2 Å². The number of ether oxygens (including phenoxy) is 1. The fourth-order valence-electron chi connectivity index (χ4n) is 2.98. The van der Waals surface area contributed by atoms with E-state index >= 15 is 0 Å². The third-order valence-corrected chi connectivity index (χ3v) is 4.27. The van der Waals surface area contributed by atoms with Gasteiger partial charge < -0.3 is 9.30 Å². The van der Waals surface area contributed by atoms with Crippen molar-refractivity contribution in [2.45, 2.75) is 32.9 Å². The number of nitrogens with one attached hydrogen (secondary N) is 2. The number of nitrogens with zero attached hydrogens (tertiary/aromatic N) is 1. The Hall–Kier alpha value is -3.65. The first-order valence-corrected chi connectivity index (χ1v) is 9.33. The van der Waals surface area contributed by atoms with Gasteiger partial charge >= 0.3 is 6.09 Å². The van der Waals surface area contributed by atoms with E-state index in [4.69, 9.17) is 9.94 Å². The van der Waals surface area contributed by atoms with Crippen LogP contribution in [-0.2, 0) is 11.3 Å². The van der Waals surface area contributed by atoms with Crippen molar-refractivity contribution in [1.82, 2.24) is 10.0 Å². The summed E-state index contributed by atoms with van der Waals surface area (Å²) >= 11 is 0. The summed E-state index contributed by atoms with van der Waals surface area (Å²) in [5, 5.41) is 12.5. The van der Waals surface area contributed by atoms with E-state index in [0.717, 1.165) is 5.56 Å². The Kier molecular flexibility index (Phi) is 5.89. The maximum atomic E-state index is 12.9. The number of pyridine rings is 1. The zero-order valence-electron chi connectivity index (χ0n) is 16.9. The largest absolute Gasteiger partial charge is 0.444 e. The van der Waals surface area contributed by atoms with E-state index in [-0.39, 0.29) is 17.7 Å². The Morgan fingerprint density at radius 2 is 1.87 bits per heavy atom. The Bertz CT molecular complexity index is 1160. The van der Waals surface area contributed by atoms with E-state index in [9.17, 15) is 14.4 Å². The van der Waals surface area contributed by atoms with Crippen molar-refractivity contribution in [1.29, 1.82) is 0 Å². The Morgan fingerprint density at radius 3 is 2.57 bits per heavy atom. The van der Waals surface area contributed by atoms with Crippen LogP contribution in [0.3, 0.4) is 0 Å². The Morgan fingerprint density at radius 1 is 1.10 bits per heavy atom. The summed E-state index contributed by atoms with van der Waals surface area (Å²) in [5.74, 6) is -0.687. The highest BCUT2D eigenvalue weighted by atomic mass is 16.6. The van der Waals surface area contributed by atoms with E-state index in [1.807, 2.05) is 6.07 Å². The van der Waals surface area contributed by atoms with Gasteiger partial charge in [-0.25, -0.2) is 10.3 Å². The average Bonchev–Trinajstić information content (AvgIpc) is 2.68. The van der Waals surface area contributed by atoms with Crippen LogP contribution in [0.15, 0.2) is 59.5 Å². The molecule has 0 atom stereocenters. The van der Waals surface area contributed by atoms with Gasteiger partial charge in [-0.1, -0.05) is 18.2 Å². The first-order valence-electron chi connectivity index (χ1n) is 9.33. The highest BCUT2D eigenvalue weighted by Gasteiger charge is 2.16. The van der Waals surface area contributed by atoms with E-state index in [1.54, 1.807) is 62.8 Å². The number of carbonyl (C=O) groups is 2. The smallest absolute Gasteiger partial charge is 0.412 e. The highest BCUT2D eigenvalue weighted by molar-refractivity contribution is 5.97. The third-order valence-electron chi connectivity index (χ3n) is 4.27. The van der Waals surface area contributed by atoms with E-state index < -0.39 is 17.6 Å². The molecule has 0 aliphatic rings. The predicted molar refractivity (Wildman–Crippen MR) is 113 cm³/mol. The first-order chi connectivity index (χ1) is 14.2. The zero-order valence-corrected chi connectivity index (χ0v) is 16.9. The highest BCUT2D eigenvalue weighted by Crippen LogP contribution is 2.16. The SMILES string of the molecule is CC(C)(C)OC(=O)Nc1cccc(Cn2ccc3ccc(C(=O)NO)cc3c2=O)c1. The molecule has 156 valence electrons. The van der Waals surface area contributed by atoms with Gasteiger partial charge in [0.1, 0.15) is 5.60 Å². The van der Waals surface area contributed by atoms with Crippen LogP contribution in [0, 0.1) is 0 Å². The number of benzene rings is 2. The molecular weight excluding hydrogens is 386 g/mol. The topological polar surface area (TPSA) is 110 Å². The summed E-state index contributed by atoms with van der Waals surface area (Å²) in [7, 11) is 0. The van der Waals surface area contributed by atoms with Gasteiger partial charge in [-0.15, -0.1) is 0 Å². The molecule has 0 aliphatic heterocycles. The molecule has 0 fully saturated rings. The molecule has 2 aromatic carbocycles. The lowest BCUT2D eigenvalue weighted by Crippen LogP contribution is -2.27. The molecule has 0 unspecified atom stereocenters. The Balaban J connectivity index is 1.85. The molecule has 0 saturated heterocycles. The minimum absolute atomic E-state index is 0.184. The minimum Gasteiger partial charge on any atom is -0.444 e. The summed E-state index contributed by atoms with van der Waals surface area (Å²) in [6.07, 6.45) is 1.11. The number of aromatic nitrogens is 1. The third kappa shape index (κ3) is 5.03. The monoisotopic (exact) mass is 409 g/mol. The molecule has 8 heteroatoms. The van der Waals surface area contributed by atoms with Gasteiger partial charge in [-0.05, 0) is 62.1 Å². The number of hydroxylamine groups is 1. The summed E-state index contributed by atoms with van der Waals surface area (Å²) in [5.41, 5.74) is 2.22. The quantitative estimate of drug-likeness (QED) is 0.451. The van der Waals surface area contributed by atoms with Crippen molar-refractivity contribution < 1.29 is 19.5 Å². The second kappa shape index (κ2) is 8.38. The fourth-order valence-corrected chi connectivity index (χ4v) is 2.98. The lowest BCUT2D eigenvalue weighted by molar-refractivity contribution is 0.0635. The number of carbonyl (C=O) groups excluding carboxylic acids is 2. The number of hydrogen-bond acceptors (Lipinski definition) is 5. The van der Waals surface area contributed by atoms with E-state index in [2.05, 4.69) is 5.32 Å². The second-order valence-corrected chi connectivity index (χ2v) is 7.82. The lowest BCUT2D eigenvalue weighted by Gasteiger charge is -2.19. The maximum Gasteiger partial charge on any atom is 0.412 e. The van der Waals surface area contributed by atoms with Gasteiger partial charge in [0, 0.05) is 22.8 Å². The van der Waals surface area contributed by atoms with Gasteiger partial charge in [0.15, 0.2) is 0 Å². The van der Waals surface area contributed by atoms with Crippen molar-refractivity contribution in [2.24, 2.45) is 0 Å². The molecule has 2 amide bonds. The predicted octanol–water partition coefficient (Wildman–Crippen LogP) is 3.52. The van der Waals surface area contributed by atoms with Crippen molar-refractivity contribution in [2.75, 3.05) is 5.32 Å². The molecule has 8 nitrogen and oxygen atoms in total. The molecule has 0 radical (unpaired) electrons. The van der Waals surface area contributed by atoms with Crippen LogP contribution in [0.2, 0.25) is 0 Å². The summed E-state index contributed by atoms with van der Waals surface area (Å²) in [6.45, 7) is 5.62. The fraction of sp³-hybridized carbons (Fsp3) is 0.227.